The van der Waals surface area contributed by atoms with Crippen molar-refractivity contribution in [1.29, 1.82) is 0 Å². The molecular weight excluding hydrogens is 180 g/mol. The van der Waals surface area contributed by atoms with E-state index in [4.69, 9.17) is 0 Å². The maximum atomic E-state index is 3.00. The smallest absolute Gasteiger partial charge is 0.0398 e. The number of benzene rings is 1. The van der Waals surface area contributed by atoms with Gasteiger partial charge in [0.2, 0.25) is 0 Å². The van der Waals surface area contributed by atoms with E-state index in [1.54, 1.807) is 0 Å². The first-order chi connectivity index (χ1) is 7.18. The molecule has 0 heteroatoms. The summed E-state index contributed by atoms with van der Waals surface area (Å²) >= 11 is 0. The standard InChI is InChI=1S/C9H12.2C2H6.C2H4/c1-7-4-8(2)6-9(3)5-7;3*1-2/h4-6H,1-3H3;2*1-2H3;1-2H2. The van der Waals surface area contributed by atoms with Crippen LogP contribution in [0.3, 0.4) is 0 Å². The van der Waals surface area contributed by atoms with Crippen LogP contribution >= 0.6 is 0 Å². The molecule has 0 aliphatic heterocycles. The first kappa shape index (κ1) is 19.5. The first-order valence-electron chi connectivity index (χ1n) is 5.73. The summed E-state index contributed by atoms with van der Waals surface area (Å²) in [6.45, 7) is 20.4. The third-order valence-electron chi connectivity index (χ3n) is 1.37. The molecule has 0 heterocycles. The Kier molecular flexibility index (Phi) is 20.1. The zero-order valence-electron chi connectivity index (χ0n) is 11.6. The molecule has 0 bridgehead atoms. The minimum Gasteiger partial charge on any atom is -0.106 e. The molecule has 0 spiro atoms. The Morgan fingerprint density at radius 3 is 0.867 bits per heavy atom. The highest BCUT2D eigenvalue weighted by molar-refractivity contribution is 5.27. The van der Waals surface area contributed by atoms with Gasteiger partial charge in [0.1, 0.15) is 0 Å². The predicted molar refractivity (Wildman–Crippen MR) is 74.6 cm³/mol. The van der Waals surface area contributed by atoms with E-state index in [0.717, 1.165) is 0 Å². The second kappa shape index (κ2) is 15.4. The van der Waals surface area contributed by atoms with Crippen LogP contribution in [-0.4, -0.2) is 0 Å². The van der Waals surface area contributed by atoms with Gasteiger partial charge in [0.05, 0.1) is 0 Å². The molecule has 0 saturated carbocycles. The quantitative estimate of drug-likeness (QED) is 0.496. The third kappa shape index (κ3) is 13.0. The van der Waals surface area contributed by atoms with Crippen LogP contribution in [0, 0.1) is 20.8 Å². The van der Waals surface area contributed by atoms with Crippen LogP contribution in [0.15, 0.2) is 31.4 Å². The number of aryl methyl sites for hydroxylation is 3. The summed E-state index contributed by atoms with van der Waals surface area (Å²) in [5.74, 6) is 0. The molecule has 0 nitrogen and oxygen atoms in total. The number of hydrogen-bond acceptors (Lipinski definition) is 0. The molecule has 1 aromatic rings. The van der Waals surface area contributed by atoms with E-state index in [9.17, 15) is 0 Å². The van der Waals surface area contributed by atoms with Crippen LogP contribution in [0.1, 0.15) is 44.4 Å². The van der Waals surface area contributed by atoms with Crippen LogP contribution in [0.4, 0.5) is 0 Å². The van der Waals surface area contributed by atoms with Gasteiger partial charge < -0.3 is 0 Å². The van der Waals surface area contributed by atoms with Gasteiger partial charge in [0, 0.05) is 0 Å². The summed E-state index contributed by atoms with van der Waals surface area (Å²) in [6, 6.07) is 6.56. The lowest BCUT2D eigenvalue weighted by Gasteiger charge is -1.96. The number of rotatable bonds is 0. The van der Waals surface area contributed by atoms with E-state index in [1.165, 1.54) is 16.7 Å². The van der Waals surface area contributed by atoms with Crippen LogP contribution in [-0.2, 0) is 0 Å². The molecule has 0 aliphatic carbocycles. The van der Waals surface area contributed by atoms with Gasteiger partial charge in [-0.05, 0) is 20.8 Å². The third-order valence-corrected chi connectivity index (χ3v) is 1.37. The summed E-state index contributed by atoms with van der Waals surface area (Å²) in [6.07, 6.45) is 0. The molecule has 15 heavy (non-hydrogen) atoms. The molecule has 0 amide bonds. The van der Waals surface area contributed by atoms with Gasteiger partial charge in [-0.2, -0.15) is 0 Å². The lowest BCUT2D eigenvalue weighted by Crippen LogP contribution is -1.78. The fourth-order valence-corrected chi connectivity index (χ4v) is 1.20. The molecule has 0 N–H and O–H groups in total. The monoisotopic (exact) mass is 208 g/mol. The molecule has 0 aliphatic rings. The molecule has 0 atom stereocenters. The van der Waals surface area contributed by atoms with Crippen LogP contribution < -0.4 is 0 Å². The zero-order valence-corrected chi connectivity index (χ0v) is 11.6. The summed E-state index contributed by atoms with van der Waals surface area (Å²) in [4.78, 5) is 0. The van der Waals surface area contributed by atoms with Crippen molar-refractivity contribution in [3.63, 3.8) is 0 Å². The fraction of sp³-hybridized carbons (Fsp3) is 0.467. The molecule has 0 saturated heterocycles. The molecule has 0 radical (unpaired) electrons. The van der Waals surface area contributed by atoms with E-state index in [1.807, 2.05) is 27.7 Å². The Balaban J connectivity index is -0.000000208. The Hall–Kier alpha value is -1.04. The maximum absolute atomic E-state index is 3.00. The van der Waals surface area contributed by atoms with Crippen molar-refractivity contribution in [3.8, 4) is 0 Å². The normalized spacial score (nSPS) is 6.87. The highest BCUT2D eigenvalue weighted by Crippen LogP contribution is 2.06. The van der Waals surface area contributed by atoms with Gasteiger partial charge in [0.15, 0.2) is 0 Å². The van der Waals surface area contributed by atoms with Crippen molar-refractivity contribution < 1.29 is 0 Å². The van der Waals surface area contributed by atoms with E-state index in [2.05, 4.69) is 52.1 Å². The molecule has 0 aromatic heterocycles. The molecule has 1 aromatic carbocycles. The van der Waals surface area contributed by atoms with Gasteiger partial charge in [-0.3, -0.25) is 0 Å². The Morgan fingerprint density at radius 1 is 0.600 bits per heavy atom. The Morgan fingerprint density at radius 2 is 0.733 bits per heavy atom. The van der Waals surface area contributed by atoms with Crippen molar-refractivity contribution in [2.45, 2.75) is 48.5 Å². The largest absolute Gasteiger partial charge is 0.106 e. The molecule has 88 valence electrons. The Bertz CT molecular complexity index is 173. The first-order valence-corrected chi connectivity index (χ1v) is 5.73. The number of hydrogen-bond donors (Lipinski definition) is 0. The highest BCUT2D eigenvalue weighted by Gasteiger charge is 1.87. The van der Waals surface area contributed by atoms with E-state index in [-0.39, 0.29) is 0 Å². The average Bonchev–Trinajstić information content (AvgIpc) is 2.24. The van der Waals surface area contributed by atoms with Gasteiger partial charge in [-0.1, -0.05) is 62.6 Å². The van der Waals surface area contributed by atoms with E-state index >= 15 is 0 Å². The Labute approximate surface area is 97.0 Å². The molecule has 0 fully saturated rings. The second-order valence-electron chi connectivity index (χ2n) is 2.67. The van der Waals surface area contributed by atoms with E-state index in [0.29, 0.717) is 0 Å². The van der Waals surface area contributed by atoms with Gasteiger partial charge in [-0.25, -0.2) is 0 Å². The highest BCUT2D eigenvalue weighted by atomic mass is 13.9. The fourth-order valence-electron chi connectivity index (χ4n) is 1.20. The minimum absolute atomic E-state index is 1.35. The van der Waals surface area contributed by atoms with Crippen molar-refractivity contribution >= 4 is 0 Å². The molecular formula is C15H28. The summed E-state index contributed by atoms with van der Waals surface area (Å²) in [5, 5.41) is 0. The predicted octanol–water partition coefficient (Wildman–Crippen LogP) is 5.47. The van der Waals surface area contributed by atoms with Crippen molar-refractivity contribution in [2.75, 3.05) is 0 Å². The van der Waals surface area contributed by atoms with Crippen LogP contribution in [0.2, 0.25) is 0 Å². The van der Waals surface area contributed by atoms with Crippen molar-refractivity contribution in [1.82, 2.24) is 0 Å². The average molecular weight is 208 g/mol. The summed E-state index contributed by atoms with van der Waals surface area (Å²) in [7, 11) is 0. The van der Waals surface area contributed by atoms with Crippen molar-refractivity contribution in [2.24, 2.45) is 0 Å². The van der Waals surface area contributed by atoms with Gasteiger partial charge >= 0.3 is 0 Å². The lowest BCUT2D eigenvalue weighted by atomic mass is 10.1. The minimum atomic E-state index is 1.35. The topological polar surface area (TPSA) is 0 Å². The zero-order chi connectivity index (χ0) is 12.9. The van der Waals surface area contributed by atoms with Gasteiger partial charge in [-0.15, -0.1) is 13.2 Å². The van der Waals surface area contributed by atoms with Gasteiger partial charge in [0.25, 0.3) is 0 Å². The second-order valence-corrected chi connectivity index (χ2v) is 2.67. The maximum Gasteiger partial charge on any atom is -0.0398 e. The molecule has 0 unspecified atom stereocenters. The lowest BCUT2D eigenvalue weighted by molar-refractivity contribution is 1.32. The van der Waals surface area contributed by atoms with Crippen molar-refractivity contribution in [3.05, 3.63) is 48.0 Å². The SMILES string of the molecule is C=C.CC.CC.Cc1cc(C)cc(C)c1. The van der Waals surface area contributed by atoms with Crippen LogP contribution in [0.25, 0.3) is 0 Å². The molecule has 1 rings (SSSR count). The summed E-state index contributed by atoms with van der Waals surface area (Å²) in [5.41, 5.74) is 4.06. The van der Waals surface area contributed by atoms with E-state index < -0.39 is 0 Å². The summed E-state index contributed by atoms with van der Waals surface area (Å²) < 4.78 is 0. The van der Waals surface area contributed by atoms with Crippen LogP contribution in [0.5, 0.6) is 0 Å².